The first-order chi connectivity index (χ1) is 16.0. The van der Waals surface area contributed by atoms with Gasteiger partial charge in [-0.2, -0.15) is 0 Å². The van der Waals surface area contributed by atoms with Crippen LogP contribution in [0, 0.1) is 0 Å². The molecule has 2 N–H and O–H groups in total. The molecule has 2 heterocycles. The van der Waals surface area contributed by atoms with Crippen LogP contribution in [-0.4, -0.2) is 26.5 Å². The highest BCUT2D eigenvalue weighted by Gasteiger charge is 2.21. The van der Waals surface area contributed by atoms with Crippen LogP contribution in [0.1, 0.15) is 38.5 Å². The number of aromatic nitrogens is 2. The number of fused-ring (bicyclic) bond motifs is 2. The minimum atomic E-state index is -1.05. The van der Waals surface area contributed by atoms with E-state index >= 15 is 0 Å². The number of aromatic carboxylic acids is 1. The van der Waals surface area contributed by atoms with Crippen molar-refractivity contribution in [2.75, 3.05) is 5.32 Å². The van der Waals surface area contributed by atoms with Crippen molar-refractivity contribution < 1.29 is 14.7 Å². The highest BCUT2D eigenvalue weighted by atomic mass is 16.4. The molecule has 0 fully saturated rings. The molecule has 3 aromatic carbocycles. The Labute approximate surface area is 188 Å². The third-order valence-electron chi connectivity index (χ3n) is 5.64. The van der Waals surface area contributed by atoms with Crippen LogP contribution >= 0.6 is 0 Å². The Kier molecular flexibility index (Phi) is 5.06. The zero-order valence-electron chi connectivity index (χ0n) is 17.5. The quantitative estimate of drug-likeness (QED) is 0.496. The molecule has 1 amide bonds. The van der Waals surface area contributed by atoms with Crippen LogP contribution < -0.4 is 10.9 Å². The Balaban J connectivity index is 1.47. The van der Waals surface area contributed by atoms with Gasteiger partial charge < -0.3 is 10.4 Å². The first kappa shape index (κ1) is 20.4. The Morgan fingerprint density at radius 2 is 1.70 bits per heavy atom. The van der Waals surface area contributed by atoms with Crippen LogP contribution in [0.4, 0.5) is 5.69 Å². The second-order valence-electron chi connectivity index (χ2n) is 7.79. The molecule has 0 bridgehead atoms. The van der Waals surface area contributed by atoms with Gasteiger partial charge in [-0.05, 0) is 66.1 Å². The number of hydrogen-bond acceptors (Lipinski definition) is 4. The first-order valence-corrected chi connectivity index (χ1v) is 10.4. The lowest BCUT2D eigenvalue weighted by Gasteiger charge is -2.09. The second-order valence-corrected chi connectivity index (χ2v) is 7.79. The van der Waals surface area contributed by atoms with Gasteiger partial charge in [0.25, 0.3) is 11.5 Å². The van der Waals surface area contributed by atoms with E-state index in [0.717, 1.165) is 17.6 Å². The maximum Gasteiger partial charge on any atom is 0.335 e. The highest BCUT2D eigenvalue weighted by Crippen LogP contribution is 2.28. The molecular formula is C26H19N3O4. The largest absolute Gasteiger partial charge is 0.478 e. The molecule has 162 valence electrons. The number of allylic oxidation sites excluding steroid dienone is 1. The summed E-state index contributed by atoms with van der Waals surface area (Å²) in [6, 6.07) is 20.6. The van der Waals surface area contributed by atoms with E-state index in [2.05, 4.69) is 5.32 Å². The molecule has 0 spiro atoms. The Morgan fingerprint density at radius 1 is 0.970 bits per heavy atom. The zero-order chi connectivity index (χ0) is 22.9. The van der Waals surface area contributed by atoms with Crippen molar-refractivity contribution in [2.24, 2.45) is 0 Å². The third-order valence-corrected chi connectivity index (χ3v) is 5.64. The SMILES string of the molecule is O=C(O)c1ccc(C(=O)Nc2ccc3c(=O)n4c(nc3c2)/C(=C/c2ccccc2)CC4)cc1. The number of benzene rings is 3. The summed E-state index contributed by atoms with van der Waals surface area (Å²) in [6.07, 6.45) is 2.77. The van der Waals surface area contributed by atoms with E-state index < -0.39 is 5.97 Å². The number of carbonyl (C=O) groups is 2. The molecule has 0 radical (unpaired) electrons. The summed E-state index contributed by atoms with van der Waals surface area (Å²) < 4.78 is 1.69. The first-order valence-electron chi connectivity index (χ1n) is 10.4. The fraction of sp³-hybridized carbons (Fsp3) is 0.0769. The number of hydrogen-bond donors (Lipinski definition) is 2. The molecule has 1 aliphatic rings. The topological polar surface area (TPSA) is 101 Å². The number of carboxylic acid groups (broad SMARTS) is 1. The van der Waals surface area contributed by atoms with E-state index in [9.17, 15) is 14.4 Å². The van der Waals surface area contributed by atoms with Crippen molar-refractivity contribution in [3.05, 3.63) is 106 Å². The van der Waals surface area contributed by atoms with E-state index in [-0.39, 0.29) is 17.0 Å². The van der Waals surface area contributed by atoms with Crippen LogP contribution in [0.2, 0.25) is 0 Å². The van der Waals surface area contributed by atoms with Crippen LogP contribution in [0.5, 0.6) is 0 Å². The van der Waals surface area contributed by atoms with Gasteiger partial charge in [0.05, 0.1) is 16.5 Å². The van der Waals surface area contributed by atoms with Crippen molar-refractivity contribution in [3.63, 3.8) is 0 Å². The van der Waals surface area contributed by atoms with E-state index in [0.29, 0.717) is 34.5 Å². The lowest BCUT2D eigenvalue weighted by molar-refractivity contribution is 0.0696. The van der Waals surface area contributed by atoms with E-state index in [4.69, 9.17) is 10.1 Å². The summed E-state index contributed by atoms with van der Waals surface area (Å²) >= 11 is 0. The molecule has 1 aromatic heterocycles. The number of anilines is 1. The Hall–Kier alpha value is -4.52. The maximum absolute atomic E-state index is 13.0. The molecule has 0 unspecified atom stereocenters. The number of nitrogens with one attached hydrogen (secondary N) is 1. The van der Waals surface area contributed by atoms with Crippen LogP contribution in [-0.2, 0) is 6.54 Å². The predicted octanol–water partition coefficient (Wildman–Crippen LogP) is 4.29. The van der Waals surface area contributed by atoms with Gasteiger partial charge >= 0.3 is 5.97 Å². The van der Waals surface area contributed by atoms with Gasteiger partial charge in [-0.15, -0.1) is 0 Å². The summed E-state index contributed by atoms with van der Waals surface area (Å²) in [5.74, 6) is -0.792. The third kappa shape index (κ3) is 3.92. The van der Waals surface area contributed by atoms with Crippen molar-refractivity contribution in [2.45, 2.75) is 13.0 Å². The monoisotopic (exact) mass is 437 g/mol. The fourth-order valence-electron chi connectivity index (χ4n) is 3.95. The average Bonchev–Trinajstić information content (AvgIpc) is 3.22. The van der Waals surface area contributed by atoms with E-state index in [1.807, 2.05) is 36.4 Å². The van der Waals surface area contributed by atoms with Crippen molar-refractivity contribution in [1.29, 1.82) is 0 Å². The molecule has 33 heavy (non-hydrogen) atoms. The lowest BCUT2D eigenvalue weighted by Crippen LogP contribution is -2.21. The normalized spacial score (nSPS) is 13.8. The number of carboxylic acids is 1. The van der Waals surface area contributed by atoms with Gasteiger partial charge in [0, 0.05) is 17.8 Å². The highest BCUT2D eigenvalue weighted by molar-refractivity contribution is 6.05. The number of rotatable bonds is 4. The van der Waals surface area contributed by atoms with Crippen LogP contribution in [0.3, 0.4) is 0 Å². The van der Waals surface area contributed by atoms with Gasteiger partial charge in [-0.25, -0.2) is 9.78 Å². The van der Waals surface area contributed by atoms with E-state index in [1.54, 1.807) is 22.8 Å². The molecule has 7 heteroatoms. The van der Waals surface area contributed by atoms with Crippen molar-refractivity contribution in [3.8, 4) is 0 Å². The zero-order valence-corrected chi connectivity index (χ0v) is 17.5. The minimum Gasteiger partial charge on any atom is -0.478 e. The molecule has 0 saturated carbocycles. The summed E-state index contributed by atoms with van der Waals surface area (Å²) in [5, 5.41) is 12.3. The van der Waals surface area contributed by atoms with Crippen LogP contribution in [0.25, 0.3) is 22.6 Å². The molecule has 0 atom stereocenters. The minimum absolute atomic E-state index is 0.103. The molecule has 1 aliphatic heterocycles. The summed E-state index contributed by atoms with van der Waals surface area (Å²) in [5.41, 5.74) is 3.38. The molecule has 0 aliphatic carbocycles. The molecular weight excluding hydrogens is 418 g/mol. The average molecular weight is 437 g/mol. The maximum atomic E-state index is 13.0. The Bertz CT molecular complexity index is 1490. The molecule has 0 saturated heterocycles. The summed E-state index contributed by atoms with van der Waals surface area (Å²) in [4.78, 5) is 41.3. The smallest absolute Gasteiger partial charge is 0.335 e. The van der Waals surface area contributed by atoms with Gasteiger partial charge in [0.2, 0.25) is 0 Å². The van der Waals surface area contributed by atoms with Gasteiger partial charge in [-0.1, -0.05) is 30.3 Å². The van der Waals surface area contributed by atoms with Crippen LogP contribution in [0.15, 0.2) is 77.6 Å². The lowest BCUT2D eigenvalue weighted by atomic mass is 10.1. The van der Waals surface area contributed by atoms with Gasteiger partial charge in [0.1, 0.15) is 5.82 Å². The fourth-order valence-corrected chi connectivity index (χ4v) is 3.95. The van der Waals surface area contributed by atoms with Crippen molar-refractivity contribution >= 4 is 40.1 Å². The molecule has 7 nitrogen and oxygen atoms in total. The summed E-state index contributed by atoms with van der Waals surface area (Å²) in [7, 11) is 0. The van der Waals surface area contributed by atoms with Gasteiger partial charge in [0.15, 0.2) is 0 Å². The second kappa shape index (κ2) is 8.20. The summed E-state index contributed by atoms with van der Waals surface area (Å²) in [6.45, 7) is 0.584. The van der Waals surface area contributed by atoms with E-state index in [1.165, 1.54) is 24.3 Å². The predicted molar refractivity (Wildman–Crippen MR) is 126 cm³/mol. The number of carbonyl (C=O) groups excluding carboxylic acids is 1. The van der Waals surface area contributed by atoms with Gasteiger partial charge in [-0.3, -0.25) is 14.2 Å². The number of amides is 1. The number of nitrogens with zero attached hydrogens (tertiary/aromatic N) is 2. The standard InChI is InChI=1S/C26H19N3O4/c30-24(17-6-8-18(9-7-17)26(32)33)27-20-10-11-21-22(15-20)28-23-19(12-13-29(23)25(21)31)14-16-4-2-1-3-5-16/h1-11,14-15H,12-13H2,(H,27,30)(H,32,33)/b19-14+. The molecule has 5 rings (SSSR count). The van der Waals surface area contributed by atoms with Crippen molar-refractivity contribution in [1.82, 2.24) is 9.55 Å². The molecule has 4 aromatic rings. The Morgan fingerprint density at radius 3 is 2.42 bits per heavy atom.